The second kappa shape index (κ2) is 6.34. The van der Waals surface area contributed by atoms with Gasteiger partial charge in [-0.1, -0.05) is 11.6 Å². The fraction of sp³-hybridized carbons (Fsp3) is 0.0714. The van der Waals surface area contributed by atoms with Gasteiger partial charge in [0.25, 0.3) is 0 Å². The third-order valence-corrected chi connectivity index (χ3v) is 2.73. The van der Waals surface area contributed by atoms with E-state index in [2.05, 4.69) is 10.6 Å². The summed E-state index contributed by atoms with van der Waals surface area (Å²) in [6.45, 7) is -0.115. The summed E-state index contributed by atoms with van der Waals surface area (Å²) in [7, 11) is 0. The Balaban J connectivity index is 1.90. The first-order chi connectivity index (χ1) is 9.54. The summed E-state index contributed by atoms with van der Waals surface area (Å²) in [5, 5.41) is 5.49. The molecule has 0 saturated carbocycles. The minimum atomic E-state index is -0.535. The maximum atomic E-state index is 13.5. The molecule has 0 aliphatic carbocycles. The molecule has 2 rings (SSSR count). The number of hydrogen-bond acceptors (Lipinski definition) is 2. The highest BCUT2D eigenvalue weighted by molar-refractivity contribution is 6.30. The van der Waals surface area contributed by atoms with Gasteiger partial charge in [-0.25, -0.2) is 8.78 Å². The topological polar surface area (TPSA) is 41.1 Å². The van der Waals surface area contributed by atoms with Crippen LogP contribution in [0.1, 0.15) is 0 Å². The Morgan fingerprint density at radius 2 is 1.80 bits per heavy atom. The van der Waals surface area contributed by atoms with Crippen molar-refractivity contribution in [2.75, 3.05) is 17.2 Å². The van der Waals surface area contributed by atoms with Crippen molar-refractivity contribution in [1.29, 1.82) is 0 Å². The number of carbonyl (C=O) groups is 1. The molecule has 2 aromatic rings. The van der Waals surface area contributed by atoms with Crippen LogP contribution in [0.4, 0.5) is 20.2 Å². The molecule has 0 heterocycles. The molecule has 3 nitrogen and oxygen atoms in total. The first-order valence-electron chi connectivity index (χ1n) is 5.79. The summed E-state index contributed by atoms with van der Waals surface area (Å²) in [6.07, 6.45) is 0. The Hall–Kier alpha value is -2.14. The average molecular weight is 297 g/mol. The Morgan fingerprint density at radius 3 is 2.45 bits per heavy atom. The molecule has 0 unspecified atom stereocenters. The average Bonchev–Trinajstić information content (AvgIpc) is 2.40. The number of benzene rings is 2. The zero-order chi connectivity index (χ0) is 14.5. The molecule has 0 saturated heterocycles. The lowest BCUT2D eigenvalue weighted by Crippen LogP contribution is -2.22. The molecule has 0 radical (unpaired) electrons. The fourth-order valence-corrected chi connectivity index (χ4v) is 1.71. The lowest BCUT2D eigenvalue weighted by Gasteiger charge is -2.08. The molecule has 0 aromatic heterocycles. The SMILES string of the molecule is O=C(CNc1ccc(Cl)cc1F)Nc1ccc(F)cc1. The minimum absolute atomic E-state index is 0.115. The van der Waals surface area contributed by atoms with Gasteiger partial charge < -0.3 is 10.6 Å². The second-order valence-corrected chi connectivity index (χ2v) is 4.47. The first kappa shape index (κ1) is 14.3. The van der Waals surface area contributed by atoms with E-state index in [4.69, 9.17) is 11.6 Å². The molecule has 0 bridgehead atoms. The Bertz CT molecular complexity index is 617. The number of carbonyl (C=O) groups excluding carboxylic acids is 1. The van der Waals surface area contributed by atoms with Crippen LogP contribution < -0.4 is 10.6 Å². The predicted octanol–water partition coefficient (Wildman–Crippen LogP) is 3.67. The van der Waals surface area contributed by atoms with Gasteiger partial charge in [0, 0.05) is 10.7 Å². The van der Waals surface area contributed by atoms with Gasteiger partial charge in [0.2, 0.25) is 5.91 Å². The van der Waals surface area contributed by atoms with Crippen LogP contribution in [0.3, 0.4) is 0 Å². The van der Waals surface area contributed by atoms with Crippen LogP contribution in [0.15, 0.2) is 42.5 Å². The third kappa shape index (κ3) is 3.93. The largest absolute Gasteiger partial charge is 0.374 e. The zero-order valence-corrected chi connectivity index (χ0v) is 11.0. The van der Waals surface area contributed by atoms with E-state index < -0.39 is 5.82 Å². The summed E-state index contributed by atoms with van der Waals surface area (Å²) in [6, 6.07) is 9.48. The van der Waals surface area contributed by atoms with E-state index >= 15 is 0 Å². The van der Waals surface area contributed by atoms with E-state index in [1.807, 2.05) is 0 Å². The molecule has 0 aliphatic heterocycles. The maximum absolute atomic E-state index is 13.5. The molecule has 104 valence electrons. The van der Waals surface area contributed by atoms with Crippen molar-refractivity contribution in [3.05, 3.63) is 59.1 Å². The molecule has 2 aromatic carbocycles. The number of rotatable bonds is 4. The van der Waals surface area contributed by atoms with E-state index in [0.717, 1.165) is 6.07 Å². The summed E-state index contributed by atoms with van der Waals surface area (Å²) < 4.78 is 26.1. The third-order valence-electron chi connectivity index (χ3n) is 2.50. The highest BCUT2D eigenvalue weighted by Gasteiger charge is 2.06. The maximum Gasteiger partial charge on any atom is 0.243 e. The van der Waals surface area contributed by atoms with E-state index in [0.29, 0.717) is 5.69 Å². The second-order valence-electron chi connectivity index (χ2n) is 4.03. The summed E-state index contributed by atoms with van der Waals surface area (Å²) in [5.74, 6) is -1.29. The normalized spacial score (nSPS) is 10.2. The molecule has 6 heteroatoms. The number of anilines is 2. The van der Waals surface area contributed by atoms with Crippen molar-refractivity contribution in [3.8, 4) is 0 Å². The van der Waals surface area contributed by atoms with Crippen molar-refractivity contribution >= 4 is 28.9 Å². The van der Waals surface area contributed by atoms with Gasteiger partial charge >= 0.3 is 0 Å². The smallest absolute Gasteiger partial charge is 0.243 e. The van der Waals surface area contributed by atoms with Crippen LogP contribution in [0.5, 0.6) is 0 Å². The van der Waals surface area contributed by atoms with Crippen LogP contribution in [0.2, 0.25) is 5.02 Å². The van der Waals surface area contributed by atoms with Crippen LogP contribution in [-0.4, -0.2) is 12.5 Å². The summed E-state index contributed by atoms with van der Waals surface area (Å²) in [5.41, 5.74) is 0.651. The van der Waals surface area contributed by atoms with Gasteiger partial charge in [-0.05, 0) is 42.5 Å². The standard InChI is InChI=1S/C14H11ClF2N2O/c15-9-1-6-13(12(17)7-9)18-8-14(20)19-11-4-2-10(16)3-5-11/h1-7,18H,8H2,(H,19,20). The molecule has 0 fully saturated rings. The van der Waals surface area contributed by atoms with Crippen LogP contribution >= 0.6 is 11.6 Å². The number of amides is 1. The summed E-state index contributed by atoms with van der Waals surface area (Å²) >= 11 is 5.62. The Morgan fingerprint density at radius 1 is 1.10 bits per heavy atom. The van der Waals surface area contributed by atoms with Gasteiger partial charge in [0.1, 0.15) is 11.6 Å². The first-order valence-corrected chi connectivity index (χ1v) is 6.17. The Labute approximate surface area is 119 Å². The highest BCUT2D eigenvalue weighted by atomic mass is 35.5. The summed E-state index contributed by atoms with van der Waals surface area (Å²) in [4.78, 5) is 11.6. The van der Waals surface area contributed by atoms with E-state index in [1.165, 1.54) is 36.4 Å². The lowest BCUT2D eigenvalue weighted by atomic mass is 10.3. The van der Waals surface area contributed by atoms with Crippen LogP contribution in [0.25, 0.3) is 0 Å². The molecule has 0 atom stereocenters. The number of halogens is 3. The van der Waals surface area contributed by atoms with Gasteiger partial charge in [-0.3, -0.25) is 4.79 Å². The Kier molecular flexibility index (Phi) is 4.53. The molecular weight excluding hydrogens is 286 g/mol. The predicted molar refractivity (Wildman–Crippen MR) is 74.9 cm³/mol. The van der Waals surface area contributed by atoms with Crippen molar-refractivity contribution in [2.24, 2.45) is 0 Å². The zero-order valence-electron chi connectivity index (χ0n) is 10.3. The molecule has 0 spiro atoms. The molecule has 0 aliphatic rings. The van der Waals surface area contributed by atoms with Crippen molar-refractivity contribution in [2.45, 2.75) is 0 Å². The lowest BCUT2D eigenvalue weighted by molar-refractivity contribution is -0.114. The van der Waals surface area contributed by atoms with E-state index in [-0.39, 0.29) is 29.0 Å². The molecule has 20 heavy (non-hydrogen) atoms. The van der Waals surface area contributed by atoms with Crippen molar-refractivity contribution in [3.63, 3.8) is 0 Å². The van der Waals surface area contributed by atoms with Crippen molar-refractivity contribution in [1.82, 2.24) is 0 Å². The van der Waals surface area contributed by atoms with E-state index in [1.54, 1.807) is 0 Å². The molecule has 1 amide bonds. The van der Waals surface area contributed by atoms with Gasteiger partial charge in [0.15, 0.2) is 0 Å². The van der Waals surface area contributed by atoms with Crippen LogP contribution in [0, 0.1) is 11.6 Å². The number of hydrogen-bond donors (Lipinski definition) is 2. The monoisotopic (exact) mass is 296 g/mol. The number of nitrogens with one attached hydrogen (secondary N) is 2. The minimum Gasteiger partial charge on any atom is -0.374 e. The van der Waals surface area contributed by atoms with Crippen LogP contribution in [-0.2, 0) is 4.79 Å². The van der Waals surface area contributed by atoms with Gasteiger partial charge in [0.05, 0.1) is 12.2 Å². The highest BCUT2D eigenvalue weighted by Crippen LogP contribution is 2.18. The van der Waals surface area contributed by atoms with Crippen molar-refractivity contribution < 1.29 is 13.6 Å². The van der Waals surface area contributed by atoms with E-state index in [9.17, 15) is 13.6 Å². The van der Waals surface area contributed by atoms with Gasteiger partial charge in [-0.15, -0.1) is 0 Å². The van der Waals surface area contributed by atoms with Gasteiger partial charge in [-0.2, -0.15) is 0 Å². The quantitative estimate of drug-likeness (QED) is 0.904. The molecule has 2 N–H and O–H groups in total. The molecular formula is C14H11ClF2N2O. The fourth-order valence-electron chi connectivity index (χ4n) is 1.55.